The Hall–Kier alpha value is -2.21. The molecule has 0 N–H and O–H groups in total. The average Bonchev–Trinajstić information content (AvgIpc) is 2.65. The van der Waals surface area contributed by atoms with E-state index in [1.54, 1.807) is 19.2 Å². The number of esters is 1. The molecule has 0 aliphatic rings. The third kappa shape index (κ3) is 4.91. The van der Waals surface area contributed by atoms with Crippen LogP contribution in [0.25, 0.3) is 0 Å². The molecule has 2 aromatic rings. The second kappa shape index (κ2) is 8.88. The number of hydrogen-bond acceptors (Lipinski definition) is 5. The van der Waals surface area contributed by atoms with Crippen molar-refractivity contribution in [3.8, 4) is 23.0 Å². The highest BCUT2D eigenvalue weighted by atomic mass is 79.9. The van der Waals surface area contributed by atoms with Crippen molar-refractivity contribution in [1.82, 2.24) is 0 Å². The summed E-state index contributed by atoms with van der Waals surface area (Å²) in [5.41, 5.74) is 1.43. The Balaban J connectivity index is 2.74. The van der Waals surface area contributed by atoms with E-state index in [0.29, 0.717) is 21.7 Å². The van der Waals surface area contributed by atoms with E-state index in [0.717, 1.165) is 16.9 Å². The van der Waals surface area contributed by atoms with Gasteiger partial charge in [0, 0.05) is 11.1 Å². The lowest BCUT2D eigenvalue weighted by Crippen LogP contribution is -2.22. The van der Waals surface area contributed by atoms with Crippen LogP contribution in [0.15, 0.2) is 28.7 Å². The molecule has 0 saturated heterocycles. The standard InChI is InChI=1S/C24H31BrO5/c1-23(2,3)15-12-14(27-7)13-16(24(4,5)6)20(15)30-22(26)19-18(28-8)11-10-17(25)21(19)29-9/h10-13H,1-9H3. The van der Waals surface area contributed by atoms with E-state index in [9.17, 15) is 4.79 Å². The number of methoxy groups -OCH3 is 3. The van der Waals surface area contributed by atoms with E-state index in [2.05, 4.69) is 57.5 Å². The number of carbonyl (C=O) groups is 1. The highest BCUT2D eigenvalue weighted by Crippen LogP contribution is 2.44. The maximum atomic E-state index is 13.4. The van der Waals surface area contributed by atoms with Crippen molar-refractivity contribution >= 4 is 21.9 Å². The SMILES string of the molecule is COc1cc(C(C)(C)C)c(OC(=O)c2c(OC)ccc(Br)c2OC)c(C(C)(C)C)c1. The van der Waals surface area contributed by atoms with Crippen molar-refractivity contribution in [3.05, 3.63) is 45.4 Å². The summed E-state index contributed by atoms with van der Waals surface area (Å²) in [5.74, 6) is 1.45. The summed E-state index contributed by atoms with van der Waals surface area (Å²) >= 11 is 3.43. The molecular formula is C24H31BrO5. The third-order valence-corrected chi connectivity index (χ3v) is 5.43. The van der Waals surface area contributed by atoms with Crippen molar-refractivity contribution in [2.24, 2.45) is 0 Å². The third-order valence-electron chi connectivity index (χ3n) is 4.81. The monoisotopic (exact) mass is 478 g/mol. The van der Waals surface area contributed by atoms with Crippen LogP contribution < -0.4 is 18.9 Å². The molecule has 0 saturated carbocycles. The molecule has 164 valence electrons. The fourth-order valence-corrected chi connectivity index (χ4v) is 3.68. The number of ether oxygens (including phenoxy) is 4. The highest BCUT2D eigenvalue weighted by Gasteiger charge is 2.31. The van der Waals surface area contributed by atoms with Crippen molar-refractivity contribution in [2.45, 2.75) is 52.4 Å². The Morgan fingerprint density at radius 3 is 1.73 bits per heavy atom. The molecule has 0 spiro atoms. The first-order chi connectivity index (χ1) is 13.8. The zero-order chi connectivity index (χ0) is 22.9. The maximum Gasteiger partial charge on any atom is 0.351 e. The zero-order valence-electron chi connectivity index (χ0n) is 19.2. The Morgan fingerprint density at radius 2 is 1.33 bits per heavy atom. The minimum atomic E-state index is -0.550. The smallest absolute Gasteiger partial charge is 0.351 e. The van der Waals surface area contributed by atoms with Gasteiger partial charge in [0.15, 0.2) is 5.75 Å². The van der Waals surface area contributed by atoms with Crippen molar-refractivity contribution in [1.29, 1.82) is 0 Å². The lowest BCUT2D eigenvalue weighted by Gasteiger charge is -2.30. The van der Waals surface area contributed by atoms with Crippen LogP contribution >= 0.6 is 15.9 Å². The second-order valence-corrected chi connectivity index (χ2v) is 9.95. The van der Waals surface area contributed by atoms with Crippen LogP contribution in [-0.2, 0) is 10.8 Å². The van der Waals surface area contributed by atoms with Crippen LogP contribution in [0.2, 0.25) is 0 Å². The number of rotatable bonds is 5. The van der Waals surface area contributed by atoms with Gasteiger partial charge in [0.2, 0.25) is 0 Å². The van der Waals surface area contributed by atoms with Gasteiger partial charge in [-0.1, -0.05) is 41.5 Å². The van der Waals surface area contributed by atoms with Crippen LogP contribution in [0.3, 0.4) is 0 Å². The second-order valence-electron chi connectivity index (χ2n) is 9.10. The Labute approximate surface area is 187 Å². The fourth-order valence-electron chi connectivity index (χ4n) is 3.19. The summed E-state index contributed by atoms with van der Waals surface area (Å²) in [6.45, 7) is 12.5. The zero-order valence-corrected chi connectivity index (χ0v) is 20.8. The van der Waals surface area contributed by atoms with Gasteiger partial charge >= 0.3 is 5.97 Å². The van der Waals surface area contributed by atoms with E-state index in [1.807, 2.05) is 12.1 Å². The molecule has 5 nitrogen and oxygen atoms in total. The minimum Gasteiger partial charge on any atom is -0.497 e. The maximum absolute atomic E-state index is 13.4. The van der Waals surface area contributed by atoms with Crippen LogP contribution in [0.4, 0.5) is 0 Å². The van der Waals surface area contributed by atoms with Gasteiger partial charge in [0.1, 0.15) is 22.8 Å². The molecule has 0 fully saturated rings. The molecule has 2 rings (SSSR count). The normalized spacial score (nSPS) is 11.8. The van der Waals surface area contributed by atoms with Gasteiger partial charge in [0.25, 0.3) is 0 Å². The van der Waals surface area contributed by atoms with Crippen LogP contribution in [0.5, 0.6) is 23.0 Å². The van der Waals surface area contributed by atoms with E-state index in [-0.39, 0.29) is 16.4 Å². The summed E-state index contributed by atoms with van der Waals surface area (Å²) in [5, 5.41) is 0. The molecule has 0 aliphatic heterocycles. The number of halogens is 1. The lowest BCUT2D eigenvalue weighted by molar-refractivity contribution is 0.0721. The van der Waals surface area contributed by atoms with E-state index < -0.39 is 5.97 Å². The number of carbonyl (C=O) groups excluding carboxylic acids is 1. The number of benzene rings is 2. The van der Waals surface area contributed by atoms with Crippen molar-refractivity contribution in [2.75, 3.05) is 21.3 Å². The van der Waals surface area contributed by atoms with Gasteiger partial charge in [-0.3, -0.25) is 0 Å². The van der Waals surface area contributed by atoms with E-state index >= 15 is 0 Å². The van der Waals surface area contributed by atoms with Crippen molar-refractivity contribution in [3.63, 3.8) is 0 Å². The average molecular weight is 479 g/mol. The van der Waals surface area contributed by atoms with E-state index in [1.165, 1.54) is 14.2 Å². The molecule has 0 atom stereocenters. The largest absolute Gasteiger partial charge is 0.497 e. The predicted molar refractivity (Wildman–Crippen MR) is 123 cm³/mol. The molecule has 0 aromatic heterocycles. The molecular weight excluding hydrogens is 448 g/mol. The molecule has 6 heteroatoms. The van der Waals surface area contributed by atoms with Gasteiger partial charge in [-0.25, -0.2) is 4.79 Å². The first kappa shape index (κ1) is 24.1. The Bertz CT molecular complexity index is 901. The van der Waals surface area contributed by atoms with Gasteiger partial charge in [0.05, 0.1) is 25.8 Å². The Morgan fingerprint density at radius 1 is 0.800 bits per heavy atom. The topological polar surface area (TPSA) is 54.0 Å². The highest BCUT2D eigenvalue weighted by molar-refractivity contribution is 9.10. The molecule has 0 bridgehead atoms. The minimum absolute atomic E-state index is 0.227. The molecule has 0 radical (unpaired) electrons. The summed E-state index contributed by atoms with van der Waals surface area (Å²) in [6.07, 6.45) is 0. The van der Waals surface area contributed by atoms with Crippen LogP contribution in [0, 0.1) is 0 Å². The van der Waals surface area contributed by atoms with Crippen LogP contribution in [0.1, 0.15) is 63.0 Å². The summed E-state index contributed by atoms with van der Waals surface area (Å²) in [4.78, 5) is 13.4. The van der Waals surface area contributed by atoms with Crippen LogP contribution in [-0.4, -0.2) is 27.3 Å². The summed E-state index contributed by atoms with van der Waals surface area (Å²) < 4.78 is 23.1. The quantitative estimate of drug-likeness (QED) is 0.373. The molecule has 0 aliphatic carbocycles. The predicted octanol–water partition coefficient (Wildman–Crippen LogP) is 6.29. The van der Waals surface area contributed by atoms with Crippen molar-refractivity contribution < 1.29 is 23.7 Å². The van der Waals surface area contributed by atoms with Gasteiger partial charge in [-0.15, -0.1) is 0 Å². The first-order valence-corrected chi connectivity index (χ1v) is 10.5. The van der Waals surface area contributed by atoms with E-state index in [4.69, 9.17) is 18.9 Å². The molecule has 2 aromatic carbocycles. The fraction of sp³-hybridized carbons (Fsp3) is 0.458. The number of hydrogen-bond donors (Lipinski definition) is 0. The van der Waals surface area contributed by atoms with Gasteiger partial charge in [-0.05, 0) is 51.0 Å². The van der Waals surface area contributed by atoms with Gasteiger partial charge in [-0.2, -0.15) is 0 Å². The Kier molecular flexibility index (Phi) is 7.12. The first-order valence-electron chi connectivity index (χ1n) is 9.70. The molecule has 0 unspecified atom stereocenters. The summed E-state index contributed by atoms with van der Waals surface area (Å²) in [6, 6.07) is 7.32. The van der Waals surface area contributed by atoms with Gasteiger partial charge < -0.3 is 18.9 Å². The molecule has 0 heterocycles. The molecule has 30 heavy (non-hydrogen) atoms. The molecule has 0 amide bonds. The summed E-state index contributed by atoms with van der Waals surface area (Å²) in [7, 11) is 4.65. The lowest BCUT2D eigenvalue weighted by atomic mass is 9.79.